The van der Waals surface area contributed by atoms with E-state index in [2.05, 4.69) is 44.1 Å². The maximum atomic E-state index is 9.71. The first-order valence-corrected chi connectivity index (χ1v) is 8.29. The van der Waals surface area contributed by atoms with Crippen molar-refractivity contribution in [2.24, 2.45) is 11.3 Å². The van der Waals surface area contributed by atoms with Crippen molar-refractivity contribution in [1.29, 1.82) is 5.26 Å². The predicted molar refractivity (Wildman–Crippen MR) is 83.4 cm³/mol. The fourth-order valence-corrected chi connectivity index (χ4v) is 3.73. The number of nitrogens with one attached hydrogen (secondary N) is 1. The molecule has 0 saturated heterocycles. The van der Waals surface area contributed by atoms with E-state index in [1.54, 1.807) is 0 Å². The van der Waals surface area contributed by atoms with Crippen molar-refractivity contribution in [1.82, 2.24) is 10.2 Å². The summed E-state index contributed by atoms with van der Waals surface area (Å²) in [5.74, 6) is 0.565. The Kier molecular flexibility index (Phi) is 4.76. The van der Waals surface area contributed by atoms with Crippen molar-refractivity contribution in [3.8, 4) is 6.07 Å². The molecule has 2 aliphatic carbocycles. The number of nitrogens with zero attached hydrogens (tertiary/aromatic N) is 2. The molecule has 3 heteroatoms. The monoisotopic (exact) mass is 277 g/mol. The van der Waals surface area contributed by atoms with Crippen LogP contribution in [0.1, 0.15) is 59.3 Å². The number of hydrogen-bond acceptors (Lipinski definition) is 3. The molecule has 0 aromatic heterocycles. The molecule has 1 atom stereocenters. The summed E-state index contributed by atoms with van der Waals surface area (Å²) in [5.41, 5.74) is 0.207. The molecule has 0 spiro atoms. The highest BCUT2D eigenvalue weighted by molar-refractivity contribution is 5.16. The highest BCUT2D eigenvalue weighted by Crippen LogP contribution is 2.41. The van der Waals surface area contributed by atoms with Gasteiger partial charge in [-0.3, -0.25) is 5.32 Å². The quantitative estimate of drug-likeness (QED) is 0.810. The zero-order valence-corrected chi connectivity index (χ0v) is 13.7. The maximum Gasteiger partial charge on any atom is 0.122 e. The van der Waals surface area contributed by atoms with Gasteiger partial charge in [0.15, 0.2) is 0 Å². The van der Waals surface area contributed by atoms with Gasteiger partial charge in [0.2, 0.25) is 0 Å². The highest BCUT2D eigenvalue weighted by atomic mass is 15.2. The van der Waals surface area contributed by atoms with E-state index in [9.17, 15) is 5.26 Å². The van der Waals surface area contributed by atoms with Gasteiger partial charge >= 0.3 is 0 Å². The van der Waals surface area contributed by atoms with Gasteiger partial charge in [0, 0.05) is 12.6 Å². The molecule has 0 bridgehead atoms. The molecule has 2 fully saturated rings. The summed E-state index contributed by atoms with van der Waals surface area (Å²) in [5, 5.41) is 13.2. The zero-order valence-electron chi connectivity index (χ0n) is 13.7. The first-order valence-electron chi connectivity index (χ1n) is 8.29. The molecule has 0 radical (unpaired) electrons. The molecule has 2 aliphatic rings. The van der Waals surface area contributed by atoms with E-state index < -0.39 is 0 Å². The molecule has 20 heavy (non-hydrogen) atoms. The Balaban J connectivity index is 1.95. The van der Waals surface area contributed by atoms with Gasteiger partial charge in [-0.15, -0.1) is 0 Å². The number of likely N-dealkylation sites (N-methyl/N-ethyl adjacent to an activating group) is 2. The molecule has 3 nitrogen and oxygen atoms in total. The van der Waals surface area contributed by atoms with Gasteiger partial charge in [0.05, 0.1) is 6.07 Å². The predicted octanol–water partition coefficient (Wildman–Crippen LogP) is 3.17. The Bertz CT molecular complexity index is 357. The van der Waals surface area contributed by atoms with E-state index in [0.29, 0.717) is 17.4 Å². The molecule has 0 amide bonds. The van der Waals surface area contributed by atoms with Gasteiger partial charge in [0.25, 0.3) is 0 Å². The van der Waals surface area contributed by atoms with E-state index >= 15 is 0 Å². The summed E-state index contributed by atoms with van der Waals surface area (Å²) in [6, 6.07) is 3.27. The minimum Gasteiger partial charge on any atom is -0.301 e. The average molecular weight is 277 g/mol. The van der Waals surface area contributed by atoms with Gasteiger partial charge in [0.1, 0.15) is 5.54 Å². The van der Waals surface area contributed by atoms with Crippen molar-refractivity contribution in [2.75, 3.05) is 20.1 Å². The number of nitriles is 1. The van der Waals surface area contributed by atoms with Crippen LogP contribution in [-0.2, 0) is 0 Å². The Hall–Kier alpha value is -0.590. The van der Waals surface area contributed by atoms with Crippen LogP contribution in [0.3, 0.4) is 0 Å². The van der Waals surface area contributed by atoms with Crippen molar-refractivity contribution < 1.29 is 0 Å². The third-order valence-corrected chi connectivity index (χ3v) is 5.40. The fraction of sp³-hybridized carbons (Fsp3) is 0.941. The molecule has 0 aromatic carbocycles. The Labute approximate surface area is 124 Å². The lowest BCUT2D eigenvalue weighted by molar-refractivity contribution is 0.105. The summed E-state index contributed by atoms with van der Waals surface area (Å²) in [6.45, 7) is 8.64. The minimum absolute atomic E-state index is 0.309. The zero-order chi connectivity index (χ0) is 14.8. The molecule has 1 unspecified atom stereocenters. The molecular weight excluding hydrogens is 246 g/mol. The highest BCUT2D eigenvalue weighted by Gasteiger charge is 2.46. The Morgan fingerprint density at radius 1 is 1.25 bits per heavy atom. The molecule has 1 N–H and O–H groups in total. The van der Waals surface area contributed by atoms with Crippen LogP contribution in [0.2, 0.25) is 0 Å². The largest absolute Gasteiger partial charge is 0.301 e. The van der Waals surface area contributed by atoms with Crippen molar-refractivity contribution in [3.05, 3.63) is 0 Å². The normalized spacial score (nSPS) is 26.2. The standard InChI is InChI=1S/C17H31N3/c1-5-19-17(12-18,14-6-7-14)13-20(4)15-8-10-16(2,3)11-9-15/h14-15,19H,5-11,13H2,1-4H3. The Morgan fingerprint density at radius 3 is 2.30 bits per heavy atom. The van der Waals surface area contributed by atoms with Crippen molar-refractivity contribution >= 4 is 0 Å². The van der Waals surface area contributed by atoms with E-state index in [1.807, 2.05) is 0 Å². The molecule has 2 saturated carbocycles. The van der Waals surface area contributed by atoms with Crippen LogP contribution in [0.4, 0.5) is 0 Å². The summed E-state index contributed by atoms with van der Waals surface area (Å²) in [4.78, 5) is 2.46. The summed E-state index contributed by atoms with van der Waals surface area (Å²) < 4.78 is 0. The third kappa shape index (κ3) is 3.54. The van der Waals surface area contributed by atoms with Crippen LogP contribution >= 0.6 is 0 Å². The van der Waals surface area contributed by atoms with Gasteiger partial charge in [-0.25, -0.2) is 0 Å². The van der Waals surface area contributed by atoms with E-state index in [0.717, 1.165) is 13.1 Å². The van der Waals surface area contributed by atoms with E-state index in [4.69, 9.17) is 0 Å². The first kappa shape index (κ1) is 15.8. The maximum absolute atomic E-state index is 9.71. The molecule has 2 rings (SSSR count). The lowest BCUT2D eigenvalue weighted by Crippen LogP contribution is -2.55. The number of hydrogen-bond donors (Lipinski definition) is 1. The second kappa shape index (κ2) is 6.03. The van der Waals surface area contributed by atoms with Crippen LogP contribution in [-0.4, -0.2) is 36.6 Å². The van der Waals surface area contributed by atoms with Crippen LogP contribution in [0.25, 0.3) is 0 Å². The van der Waals surface area contributed by atoms with Gasteiger partial charge in [-0.05, 0) is 63.5 Å². The van der Waals surface area contributed by atoms with Crippen molar-refractivity contribution in [3.63, 3.8) is 0 Å². The van der Waals surface area contributed by atoms with Crippen molar-refractivity contribution in [2.45, 2.75) is 70.9 Å². The second-order valence-electron chi connectivity index (χ2n) is 7.70. The van der Waals surface area contributed by atoms with Crippen LogP contribution in [0.5, 0.6) is 0 Å². The molecular formula is C17H31N3. The van der Waals surface area contributed by atoms with E-state index in [-0.39, 0.29) is 5.54 Å². The molecule has 0 heterocycles. The van der Waals surface area contributed by atoms with Gasteiger partial charge in [-0.2, -0.15) is 5.26 Å². The van der Waals surface area contributed by atoms with E-state index in [1.165, 1.54) is 38.5 Å². The second-order valence-corrected chi connectivity index (χ2v) is 7.70. The topological polar surface area (TPSA) is 39.1 Å². The SMILES string of the molecule is CCNC(C#N)(CN(C)C1CCC(C)(C)CC1)C1CC1. The molecule has 0 aromatic rings. The Morgan fingerprint density at radius 2 is 1.85 bits per heavy atom. The molecule has 114 valence electrons. The number of rotatable bonds is 6. The summed E-state index contributed by atoms with van der Waals surface area (Å²) >= 11 is 0. The first-order chi connectivity index (χ1) is 9.42. The minimum atomic E-state index is -0.309. The van der Waals surface area contributed by atoms with Gasteiger partial charge < -0.3 is 4.90 Å². The summed E-state index contributed by atoms with van der Waals surface area (Å²) in [6.07, 6.45) is 7.61. The van der Waals surface area contributed by atoms with Gasteiger partial charge in [-0.1, -0.05) is 20.8 Å². The van der Waals surface area contributed by atoms with Crippen LogP contribution in [0, 0.1) is 22.7 Å². The lowest BCUT2D eigenvalue weighted by Gasteiger charge is -2.41. The fourth-order valence-electron chi connectivity index (χ4n) is 3.73. The lowest BCUT2D eigenvalue weighted by atomic mass is 9.75. The summed E-state index contributed by atoms with van der Waals surface area (Å²) in [7, 11) is 2.22. The third-order valence-electron chi connectivity index (χ3n) is 5.40. The van der Waals surface area contributed by atoms with Crippen LogP contribution < -0.4 is 5.32 Å². The van der Waals surface area contributed by atoms with Crippen LogP contribution in [0.15, 0.2) is 0 Å². The average Bonchev–Trinajstić information content (AvgIpc) is 3.22. The molecule has 0 aliphatic heterocycles. The smallest absolute Gasteiger partial charge is 0.122 e.